The summed E-state index contributed by atoms with van der Waals surface area (Å²) in [7, 11) is 1.69. The predicted molar refractivity (Wildman–Crippen MR) is 126 cm³/mol. The highest BCUT2D eigenvalue weighted by molar-refractivity contribution is 6.33. The van der Waals surface area contributed by atoms with E-state index in [1.807, 2.05) is 18.2 Å². The van der Waals surface area contributed by atoms with Crippen molar-refractivity contribution in [2.45, 2.75) is 26.2 Å². The van der Waals surface area contributed by atoms with Gasteiger partial charge in [-0.15, -0.1) is 24.8 Å². The average molecular weight is 467 g/mol. The minimum atomic E-state index is 0. The maximum atomic E-state index is 11.2. The van der Waals surface area contributed by atoms with E-state index in [1.165, 1.54) is 25.8 Å². The predicted octanol–water partition coefficient (Wildman–Crippen LogP) is 4.01. The maximum Gasteiger partial charge on any atom is 0.143 e. The molecule has 5 nitrogen and oxygen atoms in total. The molecule has 0 unspecified atom stereocenters. The lowest BCUT2D eigenvalue weighted by Crippen LogP contribution is -2.47. The van der Waals surface area contributed by atoms with Gasteiger partial charge in [0, 0.05) is 32.2 Å². The van der Waals surface area contributed by atoms with Crippen LogP contribution in [0.5, 0.6) is 5.75 Å². The van der Waals surface area contributed by atoms with E-state index >= 15 is 0 Å². The molecule has 2 aliphatic heterocycles. The highest BCUT2D eigenvalue weighted by Gasteiger charge is 2.23. The minimum absolute atomic E-state index is 0. The van der Waals surface area contributed by atoms with Crippen LogP contribution in [0.2, 0.25) is 5.02 Å². The molecular weight excluding hydrogens is 433 g/mol. The average Bonchev–Trinajstić information content (AvgIpc) is 2.68. The summed E-state index contributed by atoms with van der Waals surface area (Å²) in [5, 5.41) is 0.793. The number of piperazine rings is 1. The van der Waals surface area contributed by atoms with E-state index in [1.54, 1.807) is 14.0 Å². The lowest BCUT2D eigenvalue weighted by molar-refractivity contribution is -0.118. The maximum absolute atomic E-state index is 11.2. The number of benzene rings is 1. The second-order valence-electron chi connectivity index (χ2n) is 7.86. The molecule has 1 aromatic carbocycles. The summed E-state index contributed by atoms with van der Waals surface area (Å²) in [5.41, 5.74) is 1.08. The first-order chi connectivity index (χ1) is 13.0. The van der Waals surface area contributed by atoms with Crippen molar-refractivity contribution in [3.05, 3.63) is 23.2 Å². The van der Waals surface area contributed by atoms with Crippen LogP contribution in [-0.2, 0) is 4.79 Å². The SMILES string of the molecule is COc1ccc(Cl)c(N2CCN(CCC3CCN(CC(C)=O)CC3)CC2)c1.Cl.Cl. The van der Waals surface area contributed by atoms with E-state index in [9.17, 15) is 4.79 Å². The Labute approximate surface area is 192 Å². The fourth-order valence-electron chi connectivity index (χ4n) is 4.19. The number of anilines is 1. The Kier molecular flexibility index (Phi) is 11.7. The van der Waals surface area contributed by atoms with E-state index in [4.69, 9.17) is 16.3 Å². The number of piperidine rings is 1. The number of methoxy groups -OCH3 is 1. The number of hydrogen-bond donors (Lipinski definition) is 0. The normalized spacial score (nSPS) is 18.7. The summed E-state index contributed by atoms with van der Waals surface area (Å²) in [6.45, 7) is 9.81. The van der Waals surface area contributed by atoms with Gasteiger partial charge < -0.3 is 9.64 Å². The highest BCUT2D eigenvalue weighted by atomic mass is 35.5. The van der Waals surface area contributed by atoms with Gasteiger partial charge in [-0.2, -0.15) is 0 Å². The Bertz CT molecular complexity index is 632. The van der Waals surface area contributed by atoms with Crippen molar-refractivity contribution >= 4 is 47.9 Å². The third-order valence-corrected chi connectivity index (χ3v) is 6.19. The molecule has 1 aromatic rings. The van der Waals surface area contributed by atoms with Gasteiger partial charge in [-0.25, -0.2) is 0 Å². The van der Waals surface area contributed by atoms with Crippen LogP contribution < -0.4 is 9.64 Å². The van der Waals surface area contributed by atoms with Crippen molar-refractivity contribution in [1.29, 1.82) is 0 Å². The third kappa shape index (κ3) is 7.80. The molecule has 0 saturated carbocycles. The quantitative estimate of drug-likeness (QED) is 0.607. The largest absolute Gasteiger partial charge is 0.497 e. The second-order valence-corrected chi connectivity index (χ2v) is 8.26. The standard InChI is InChI=1S/C21H32ClN3O2.2ClH/c1-17(26)16-24-9-6-18(7-10-24)5-8-23-11-13-25(14-12-23)21-15-19(27-2)3-4-20(21)22;;/h3-4,15,18H,5-14,16H2,1-2H3;2*1H. The van der Waals surface area contributed by atoms with Crippen LogP contribution in [0.3, 0.4) is 0 Å². The van der Waals surface area contributed by atoms with E-state index in [0.29, 0.717) is 6.54 Å². The smallest absolute Gasteiger partial charge is 0.143 e. The summed E-state index contributed by atoms with van der Waals surface area (Å²) >= 11 is 6.39. The Morgan fingerprint density at radius 2 is 1.72 bits per heavy atom. The van der Waals surface area contributed by atoms with Crippen molar-refractivity contribution in [2.75, 3.05) is 64.4 Å². The Hall–Kier alpha value is -0.720. The van der Waals surface area contributed by atoms with Gasteiger partial charge in [-0.05, 0) is 63.9 Å². The van der Waals surface area contributed by atoms with Crippen molar-refractivity contribution < 1.29 is 9.53 Å². The molecule has 2 fully saturated rings. The van der Waals surface area contributed by atoms with E-state index in [0.717, 1.165) is 61.6 Å². The van der Waals surface area contributed by atoms with Gasteiger partial charge in [0.05, 0.1) is 24.4 Å². The van der Waals surface area contributed by atoms with Gasteiger partial charge in [-0.3, -0.25) is 14.6 Å². The molecule has 2 heterocycles. The molecule has 0 radical (unpaired) electrons. The Morgan fingerprint density at radius 1 is 1.07 bits per heavy atom. The summed E-state index contributed by atoms with van der Waals surface area (Å²) in [4.78, 5) is 18.5. The number of ether oxygens (including phenoxy) is 1. The second kappa shape index (κ2) is 12.9. The van der Waals surface area contributed by atoms with Crippen LogP contribution in [0.15, 0.2) is 18.2 Å². The Balaban J connectivity index is 0.00000210. The van der Waals surface area contributed by atoms with Crippen LogP contribution in [0, 0.1) is 5.92 Å². The van der Waals surface area contributed by atoms with Gasteiger partial charge in [0.2, 0.25) is 0 Å². The summed E-state index contributed by atoms with van der Waals surface area (Å²) in [5.74, 6) is 1.94. The zero-order valence-corrected chi connectivity index (χ0v) is 19.8. The molecule has 0 amide bonds. The number of carbonyl (C=O) groups excluding carboxylic acids is 1. The lowest BCUT2D eigenvalue weighted by Gasteiger charge is -2.38. The van der Waals surface area contributed by atoms with Gasteiger partial charge >= 0.3 is 0 Å². The number of rotatable bonds is 7. The minimum Gasteiger partial charge on any atom is -0.497 e. The molecule has 0 aliphatic carbocycles. The summed E-state index contributed by atoms with van der Waals surface area (Å²) in [6, 6.07) is 5.86. The molecule has 29 heavy (non-hydrogen) atoms. The Morgan fingerprint density at radius 3 is 2.31 bits per heavy atom. The van der Waals surface area contributed by atoms with Crippen molar-refractivity contribution in [1.82, 2.24) is 9.80 Å². The first kappa shape index (κ1) is 26.3. The number of Topliss-reactive ketones (excluding diaryl/α,β-unsaturated/α-hetero) is 1. The fourth-order valence-corrected chi connectivity index (χ4v) is 4.42. The number of ketones is 1. The molecule has 3 rings (SSSR count). The van der Waals surface area contributed by atoms with Gasteiger partial charge in [-0.1, -0.05) is 11.6 Å². The van der Waals surface area contributed by atoms with Gasteiger partial charge in [0.15, 0.2) is 0 Å². The summed E-state index contributed by atoms with van der Waals surface area (Å²) in [6.07, 6.45) is 3.73. The first-order valence-electron chi connectivity index (χ1n) is 10.1. The molecule has 0 aromatic heterocycles. The highest BCUT2D eigenvalue weighted by Crippen LogP contribution is 2.31. The van der Waals surface area contributed by atoms with Crippen molar-refractivity contribution in [3.63, 3.8) is 0 Å². The molecule has 0 atom stereocenters. The molecule has 0 spiro atoms. The van der Waals surface area contributed by atoms with E-state index in [2.05, 4.69) is 14.7 Å². The third-order valence-electron chi connectivity index (χ3n) is 5.87. The molecule has 0 bridgehead atoms. The van der Waals surface area contributed by atoms with Crippen LogP contribution >= 0.6 is 36.4 Å². The van der Waals surface area contributed by atoms with Crippen LogP contribution in [0.4, 0.5) is 5.69 Å². The van der Waals surface area contributed by atoms with Crippen LogP contribution in [-0.4, -0.2) is 75.1 Å². The molecule has 2 saturated heterocycles. The number of carbonyl (C=O) groups is 1. The van der Waals surface area contributed by atoms with E-state index < -0.39 is 0 Å². The number of hydrogen-bond acceptors (Lipinski definition) is 5. The zero-order valence-electron chi connectivity index (χ0n) is 17.4. The topological polar surface area (TPSA) is 36.0 Å². The van der Waals surface area contributed by atoms with Gasteiger partial charge in [0.25, 0.3) is 0 Å². The van der Waals surface area contributed by atoms with Crippen molar-refractivity contribution in [2.24, 2.45) is 5.92 Å². The molecular formula is C21H34Cl3N3O2. The molecule has 0 N–H and O–H groups in total. The fraction of sp³-hybridized carbons (Fsp3) is 0.667. The number of likely N-dealkylation sites (tertiary alicyclic amines) is 1. The van der Waals surface area contributed by atoms with Crippen LogP contribution in [0.1, 0.15) is 26.2 Å². The number of nitrogens with zero attached hydrogens (tertiary/aromatic N) is 3. The molecule has 8 heteroatoms. The zero-order chi connectivity index (χ0) is 19.2. The monoisotopic (exact) mass is 465 g/mol. The van der Waals surface area contributed by atoms with Crippen molar-refractivity contribution in [3.8, 4) is 5.75 Å². The molecule has 166 valence electrons. The molecule has 2 aliphatic rings. The first-order valence-corrected chi connectivity index (χ1v) is 10.5. The summed E-state index contributed by atoms with van der Waals surface area (Å²) < 4.78 is 5.34. The lowest BCUT2D eigenvalue weighted by atomic mass is 9.93. The van der Waals surface area contributed by atoms with E-state index in [-0.39, 0.29) is 30.6 Å². The van der Waals surface area contributed by atoms with Crippen LogP contribution in [0.25, 0.3) is 0 Å². The van der Waals surface area contributed by atoms with Gasteiger partial charge in [0.1, 0.15) is 11.5 Å². The number of halogens is 3.